The van der Waals surface area contributed by atoms with Gasteiger partial charge in [0.15, 0.2) is 6.10 Å². The summed E-state index contributed by atoms with van der Waals surface area (Å²) < 4.78 is 4.51. The number of esters is 1. The maximum atomic E-state index is 11.3. The van der Waals surface area contributed by atoms with Gasteiger partial charge in [0, 0.05) is 13.1 Å². The minimum atomic E-state index is -1.28. The number of nitrogens with zero attached hydrogens (tertiary/aromatic N) is 1. The van der Waals surface area contributed by atoms with Crippen molar-refractivity contribution in [2.24, 2.45) is 0 Å². The lowest BCUT2D eigenvalue weighted by molar-refractivity contribution is -0.150. The molecule has 0 radical (unpaired) electrons. The highest BCUT2D eigenvalue weighted by atomic mass is 35.5. The van der Waals surface area contributed by atoms with Gasteiger partial charge in [-0.2, -0.15) is 0 Å². The van der Waals surface area contributed by atoms with E-state index in [0.717, 1.165) is 18.8 Å². The molecular formula is C14H18ClNO3. The third-order valence-corrected chi connectivity index (χ3v) is 3.71. The second kappa shape index (κ2) is 6.26. The summed E-state index contributed by atoms with van der Waals surface area (Å²) in [5.74, 6) is -0.679. The van der Waals surface area contributed by atoms with Gasteiger partial charge >= 0.3 is 5.97 Å². The third-order valence-electron chi connectivity index (χ3n) is 3.41. The first kappa shape index (κ1) is 14.2. The Bertz CT molecular complexity index is 458. The summed E-state index contributed by atoms with van der Waals surface area (Å²) in [5, 5.41) is 10.3. The SMILES string of the molecule is COC(=O)C(O)c1ccc(N2CCCCC2)c(Cl)c1. The molecule has 0 spiro atoms. The van der Waals surface area contributed by atoms with Crippen molar-refractivity contribution in [3.63, 3.8) is 0 Å². The van der Waals surface area contributed by atoms with Crippen LogP contribution in [-0.4, -0.2) is 31.3 Å². The van der Waals surface area contributed by atoms with Crippen LogP contribution in [0.5, 0.6) is 0 Å². The van der Waals surface area contributed by atoms with Gasteiger partial charge in [-0.1, -0.05) is 17.7 Å². The van der Waals surface area contributed by atoms with E-state index in [9.17, 15) is 9.90 Å². The van der Waals surface area contributed by atoms with Crippen LogP contribution < -0.4 is 4.90 Å². The lowest BCUT2D eigenvalue weighted by Crippen LogP contribution is -2.29. The Morgan fingerprint density at radius 3 is 2.63 bits per heavy atom. The standard InChI is InChI=1S/C14H18ClNO3/c1-19-14(18)13(17)10-5-6-12(11(15)9-10)16-7-3-2-4-8-16/h5-6,9,13,17H,2-4,7-8H2,1H3. The van der Waals surface area contributed by atoms with Gasteiger partial charge in [0.2, 0.25) is 0 Å². The van der Waals surface area contributed by atoms with Gasteiger partial charge in [-0.15, -0.1) is 0 Å². The Hall–Kier alpha value is -1.26. The van der Waals surface area contributed by atoms with Crippen LogP contribution in [0.4, 0.5) is 5.69 Å². The highest BCUT2D eigenvalue weighted by molar-refractivity contribution is 6.33. The molecule has 5 heteroatoms. The van der Waals surface area contributed by atoms with E-state index in [0.29, 0.717) is 10.6 Å². The topological polar surface area (TPSA) is 49.8 Å². The first-order valence-electron chi connectivity index (χ1n) is 6.44. The molecule has 19 heavy (non-hydrogen) atoms. The molecular weight excluding hydrogens is 266 g/mol. The molecule has 1 atom stereocenters. The zero-order valence-corrected chi connectivity index (χ0v) is 11.7. The molecule has 1 aliphatic heterocycles. The predicted molar refractivity (Wildman–Crippen MR) is 74.5 cm³/mol. The molecule has 0 bridgehead atoms. The Kier molecular flexibility index (Phi) is 4.66. The number of piperidine rings is 1. The van der Waals surface area contributed by atoms with Crippen molar-refractivity contribution in [3.05, 3.63) is 28.8 Å². The Balaban J connectivity index is 2.19. The van der Waals surface area contributed by atoms with E-state index in [1.165, 1.54) is 26.4 Å². The van der Waals surface area contributed by atoms with Crippen LogP contribution in [0, 0.1) is 0 Å². The number of aliphatic hydroxyl groups excluding tert-OH is 1. The molecule has 1 N–H and O–H groups in total. The maximum Gasteiger partial charge on any atom is 0.339 e. The van der Waals surface area contributed by atoms with Crippen LogP contribution >= 0.6 is 11.6 Å². The first-order valence-corrected chi connectivity index (χ1v) is 6.81. The molecule has 0 aliphatic carbocycles. The van der Waals surface area contributed by atoms with Crippen molar-refractivity contribution in [2.75, 3.05) is 25.1 Å². The molecule has 1 heterocycles. The van der Waals surface area contributed by atoms with Crippen LogP contribution in [0.2, 0.25) is 5.02 Å². The molecule has 1 aromatic carbocycles. The van der Waals surface area contributed by atoms with Crippen molar-refractivity contribution < 1.29 is 14.6 Å². The number of benzene rings is 1. The monoisotopic (exact) mass is 283 g/mol. The van der Waals surface area contributed by atoms with E-state index in [-0.39, 0.29) is 0 Å². The van der Waals surface area contributed by atoms with Gasteiger partial charge in [0.05, 0.1) is 17.8 Å². The second-order valence-electron chi connectivity index (χ2n) is 4.68. The number of ether oxygens (including phenoxy) is 1. The van der Waals surface area contributed by atoms with E-state index >= 15 is 0 Å². The highest BCUT2D eigenvalue weighted by Gasteiger charge is 2.20. The van der Waals surface area contributed by atoms with Crippen LogP contribution in [0.3, 0.4) is 0 Å². The molecule has 104 valence electrons. The van der Waals surface area contributed by atoms with Gasteiger partial charge < -0.3 is 14.7 Å². The van der Waals surface area contributed by atoms with Gasteiger partial charge in [-0.25, -0.2) is 4.79 Å². The number of hydrogen-bond donors (Lipinski definition) is 1. The number of halogens is 1. The lowest BCUT2D eigenvalue weighted by Gasteiger charge is -2.29. The lowest BCUT2D eigenvalue weighted by atomic mass is 10.1. The Morgan fingerprint density at radius 2 is 2.05 bits per heavy atom. The van der Waals surface area contributed by atoms with Gasteiger partial charge in [-0.05, 0) is 37.0 Å². The van der Waals surface area contributed by atoms with E-state index in [1.807, 2.05) is 6.07 Å². The Morgan fingerprint density at radius 1 is 1.37 bits per heavy atom. The Labute approximate surface area is 117 Å². The number of hydrogen-bond acceptors (Lipinski definition) is 4. The minimum absolute atomic E-state index is 0.456. The molecule has 4 nitrogen and oxygen atoms in total. The number of methoxy groups -OCH3 is 1. The van der Waals surface area contributed by atoms with Crippen molar-refractivity contribution in [2.45, 2.75) is 25.4 Å². The van der Waals surface area contributed by atoms with Crippen LogP contribution in [0.1, 0.15) is 30.9 Å². The average Bonchev–Trinajstić information content (AvgIpc) is 2.46. The number of rotatable bonds is 3. The highest BCUT2D eigenvalue weighted by Crippen LogP contribution is 2.31. The molecule has 1 unspecified atom stereocenters. The largest absolute Gasteiger partial charge is 0.467 e. The zero-order valence-electron chi connectivity index (χ0n) is 10.9. The quantitative estimate of drug-likeness (QED) is 0.866. The zero-order chi connectivity index (χ0) is 13.8. The molecule has 1 saturated heterocycles. The van der Waals surface area contributed by atoms with Gasteiger partial charge in [0.1, 0.15) is 0 Å². The fourth-order valence-corrected chi connectivity index (χ4v) is 2.64. The molecule has 0 aromatic heterocycles. The average molecular weight is 284 g/mol. The van der Waals surface area contributed by atoms with E-state index < -0.39 is 12.1 Å². The normalized spacial score (nSPS) is 17.1. The van der Waals surface area contributed by atoms with Crippen molar-refractivity contribution in [3.8, 4) is 0 Å². The molecule has 1 aromatic rings. The molecule has 1 aliphatic rings. The summed E-state index contributed by atoms with van der Waals surface area (Å²) in [7, 11) is 1.25. The van der Waals surface area contributed by atoms with Crippen LogP contribution in [0.15, 0.2) is 18.2 Å². The summed E-state index contributed by atoms with van der Waals surface area (Å²) in [4.78, 5) is 13.5. The predicted octanol–water partition coefficient (Wildman–Crippen LogP) is 2.54. The van der Waals surface area contributed by atoms with Crippen molar-refractivity contribution in [1.82, 2.24) is 0 Å². The van der Waals surface area contributed by atoms with E-state index in [1.54, 1.807) is 12.1 Å². The van der Waals surface area contributed by atoms with Crippen molar-refractivity contribution >= 4 is 23.3 Å². The second-order valence-corrected chi connectivity index (χ2v) is 5.09. The van der Waals surface area contributed by atoms with E-state index in [2.05, 4.69) is 9.64 Å². The molecule has 2 rings (SSSR count). The third kappa shape index (κ3) is 3.19. The van der Waals surface area contributed by atoms with Crippen LogP contribution in [0.25, 0.3) is 0 Å². The molecule has 0 amide bonds. The maximum absolute atomic E-state index is 11.3. The smallest absolute Gasteiger partial charge is 0.339 e. The first-order chi connectivity index (χ1) is 9.13. The van der Waals surface area contributed by atoms with Crippen LogP contribution in [-0.2, 0) is 9.53 Å². The number of carbonyl (C=O) groups excluding carboxylic acids is 1. The fraction of sp³-hybridized carbons (Fsp3) is 0.500. The molecule has 1 fully saturated rings. The number of aliphatic hydroxyl groups is 1. The van der Waals surface area contributed by atoms with E-state index in [4.69, 9.17) is 11.6 Å². The minimum Gasteiger partial charge on any atom is -0.467 e. The fourth-order valence-electron chi connectivity index (χ4n) is 2.33. The number of anilines is 1. The molecule has 0 saturated carbocycles. The summed E-state index contributed by atoms with van der Waals surface area (Å²) in [6.45, 7) is 2.00. The van der Waals surface area contributed by atoms with Gasteiger partial charge in [0.25, 0.3) is 0 Å². The summed E-state index contributed by atoms with van der Waals surface area (Å²) in [6, 6.07) is 5.21. The number of carbonyl (C=O) groups is 1. The van der Waals surface area contributed by atoms with Crippen molar-refractivity contribution in [1.29, 1.82) is 0 Å². The summed E-state index contributed by atoms with van der Waals surface area (Å²) in [6.07, 6.45) is 2.32. The van der Waals surface area contributed by atoms with Gasteiger partial charge in [-0.3, -0.25) is 0 Å². The summed E-state index contributed by atoms with van der Waals surface area (Å²) >= 11 is 6.25. The summed E-state index contributed by atoms with van der Waals surface area (Å²) in [5.41, 5.74) is 1.42.